The highest BCUT2D eigenvalue weighted by atomic mass is 79.9. The number of aliphatic hydroxyl groups excluding tert-OH is 1. The predicted molar refractivity (Wildman–Crippen MR) is 135 cm³/mol. The molecule has 1 N–H and O–H groups in total. The number of halogens is 1. The molecule has 0 saturated carbocycles. The number of ketones is 1. The third-order valence-corrected chi connectivity index (χ3v) is 6.52. The van der Waals surface area contributed by atoms with E-state index in [9.17, 15) is 14.7 Å². The Balaban J connectivity index is 1.80. The number of hydrogen-bond donors (Lipinski definition) is 1. The molecule has 2 heterocycles. The maximum Gasteiger partial charge on any atom is 0.295 e. The molecule has 1 aliphatic heterocycles. The zero-order valence-corrected chi connectivity index (χ0v) is 21.0. The molecule has 8 heteroatoms. The van der Waals surface area contributed by atoms with Crippen LogP contribution in [0.4, 0.5) is 0 Å². The van der Waals surface area contributed by atoms with Crippen LogP contribution in [0.15, 0.2) is 70.8 Å². The van der Waals surface area contributed by atoms with E-state index in [0.29, 0.717) is 24.2 Å². The Kier molecular flexibility index (Phi) is 7.00. The first kappa shape index (κ1) is 23.9. The molecular weight excluding hydrogens is 496 g/mol. The summed E-state index contributed by atoms with van der Waals surface area (Å²) in [6.45, 7) is 3.01. The summed E-state index contributed by atoms with van der Waals surface area (Å²) in [5, 5.41) is 15.8. The lowest BCUT2D eigenvalue weighted by molar-refractivity contribution is -0.139. The molecule has 0 unspecified atom stereocenters. The molecule has 1 amide bonds. The van der Waals surface area contributed by atoms with Crippen LogP contribution in [-0.2, 0) is 9.59 Å². The standard InChI is InChI=1S/C26H27BrN4O3/c1-17-21(16-28-31(17)20-8-5-4-6-9-20)24(32)22-23(18-10-12-19(27)13-11-18)30(26(34)25(22)33)15-7-14-29(2)3/h4-6,8-13,16,23,32H,7,14-15H2,1-3H3/b24-22+/t23-/m0/s1. The van der Waals surface area contributed by atoms with Crippen molar-refractivity contribution in [2.75, 3.05) is 27.2 Å². The van der Waals surface area contributed by atoms with E-state index in [4.69, 9.17) is 0 Å². The molecule has 3 aromatic rings. The van der Waals surface area contributed by atoms with Crippen molar-refractivity contribution >= 4 is 33.4 Å². The zero-order valence-electron chi connectivity index (χ0n) is 19.4. The van der Waals surface area contributed by atoms with E-state index >= 15 is 0 Å². The molecule has 34 heavy (non-hydrogen) atoms. The Morgan fingerprint density at radius 3 is 2.41 bits per heavy atom. The number of Topliss-reactive ketones (excluding diaryl/α,β-unsaturated/α-hetero) is 1. The van der Waals surface area contributed by atoms with Gasteiger partial charge in [0.05, 0.1) is 34.8 Å². The maximum absolute atomic E-state index is 13.2. The van der Waals surface area contributed by atoms with E-state index in [1.807, 2.05) is 80.5 Å². The number of carbonyl (C=O) groups excluding carboxylic acids is 2. The second-order valence-corrected chi connectivity index (χ2v) is 9.51. The van der Waals surface area contributed by atoms with Gasteiger partial charge in [0.25, 0.3) is 11.7 Å². The van der Waals surface area contributed by atoms with Gasteiger partial charge in [0, 0.05) is 11.0 Å². The molecule has 1 aromatic heterocycles. The van der Waals surface area contributed by atoms with Crippen LogP contribution in [0.25, 0.3) is 11.4 Å². The summed E-state index contributed by atoms with van der Waals surface area (Å²) in [4.78, 5) is 29.9. The summed E-state index contributed by atoms with van der Waals surface area (Å²) in [5.41, 5.74) is 2.80. The van der Waals surface area contributed by atoms with E-state index < -0.39 is 17.7 Å². The average Bonchev–Trinajstić information content (AvgIpc) is 3.32. The monoisotopic (exact) mass is 522 g/mol. The molecule has 7 nitrogen and oxygen atoms in total. The molecular formula is C26H27BrN4O3. The van der Waals surface area contributed by atoms with Gasteiger partial charge in [-0.1, -0.05) is 46.3 Å². The van der Waals surface area contributed by atoms with Gasteiger partial charge in [0.2, 0.25) is 0 Å². The Bertz CT molecular complexity index is 1230. The van der Waals surface area contributed by atoms with E-state index in [1.165, 1.54) is 6.20 Å². The van der Waals surface area contributed by atoms with E-state index in [1.54, 1.807) is 9.58 Å². The zero-order chi connectivity index (χ0) is 24.4. The molecule has 0 radical (unpaired) electrons. The predicted octanol–water partition coefficient (Wildman–Crippen LogP) is 4.32. The number of aromatic nitrogens is 2. The molecule has 0 aliphatic carbocycles. The van der Waals surface area contributed by atoms with Crippen molar-refractivity contribution < 1.29 is 14.7 Å². The van der Waals surface area contributed by atoms with E-state index in [-0.39, 0.29) is 11.3 Å². The fourth-order valence-electron chi connectivity index (χ4n) is 4.28. The number of benzene rings is 2. The fourth-order valence-corrected chi connectivity index (χ4v) is 4.54. The molecule has 1 fully saturated rings. The van der Waals surface area contributed by atoms with Gasteiger partial charge in [0.15, 0.2) is 0 Å². The van der Waals surface area contributed by atoms with Crippen molar-refractivity contribution in [2.45, 2.75) is 19.4 Å². The molecule has 1 saturated heterocycles. The van der Waals surface area contributed by atoms with Crippen molar-refractivity contribution in [3.05, 3.63) is 87.7 Å². The summed E-state index contributed by atoms with van der Waals surface area (Å²) in [6, 6.07) is 16.4. The molecule has 1 atom stereocenters. The van der Waals surface area contributed by atoms with Gasteiger partial charge in [-0.05, 0) is 63.8 Å². The highest BCUT2D eigenvalue weighted by molar-refractivity contribution is 9.10. The van der Waals surface area contributed by atoms with Crippen molar-refractivity contribution in [1.29, 1.82) is 0 Å². The molecule has 4 rings (SSSR count). The lowest BCUT2D eigenvalue weighted by Crippen LogP contribution is -2.32. The first-order valence-corrected chi connectivity index (χ1v) is 11.9. The van der Waals surface area contributed by atoms with Crippen LogP contribution in [0.5, 0.6) is 0 Å². The van der Waals surface area contributed by atoms with Crippen LogP contribution >= 0.6 is 15.9 Å². The summed E-state index contributed by atoms with van der Waals surface area (Å²) in [7, 11) is 3.93. The third-order valence-electron chi connectivity index (χ3n) is 6.00. The minimum absolute atomic E-state index is 0.0906. The van der Waals surface area contributed by atoms with Gasteiger partial charge in [-0.2, -0.15) is 5.10 Å². The quantitative estimate of drug-likeness (QED) is 0.284. The number of para-hydroxylation sites is 1. The van der Waals surface area contributed by atoms with Crippen molar-refractivity contribution in [1.82, 2.24) is 19.6 Å². The minimum atomic E-state index is -0.679. The SMILES string of the molecule is Cc1c(/C(O)=C2\C(=O)C(=O)N(CCCN(C)C)[C@H]2c2ccc(Br)cc2)cnn1-c1ccccc1. The van der Waals surface area contributed by atoms with Crippen molar-refractivity contribution in [3.8, 4) is 5.69 Å². The average molecular weight is 523 g/mol. The van der Waals surface area contributed by atoms with Crippen LogP contribution in [0.1, 0.15) is 29.3 Å². The Hall–Kier alpha value is -3.23. The molecule has 2 aromatic carbocycles. The first-order valence-electron chi connectivity index (χ1n) is 11.1. The number of nitrogens with zero attached hydrogens (tertiary/aromatic N) is 4. The van der Waals surface area contributed by atoms with E-state index in [2.05, 4.69) is 21.0 Å². The van der Waals surface area contributed by atoms with Crippen LogP contribution in [0, 0.1) is 6.92 Å². The number of carbonyl (C=O) groups is 2. The van der Waals surface area contributed by atoms with E-state index in [0.717, 1.165) is 22.3 Å². The second kappa shape index (κ2) is 9.95. The lowest BCUT2D eigenvalue weighted by atomic mass is 9.95. The van der Waals surface area contributed by atoms with Gasteiger partial charge in [-0.3, -0.25) is 9.59 Å². The summed E-state index contributed by atoms with van der Waals surface area (Å²) < 4.78 is 2.59. The van der Waals surface area contributed by atoms with Crippen molar-refractivity contribution in [2.24, 2.45) is 0 Å². The van der Waals surface area contributed by atoms with Gasteiger partial charge in [-0.25, -0.2) is 4.68 Å². The van der Waals surface area contributed by atoms with Crippen LogP contribution in [-0.4, -0.2) is 63.6 Å². The highest BCUT2D eigenvalue weighted by Crippen LogP contribution is 2.40. The summed E-state index contributed by atoms with van der Waals surface area (Å²) in [6.07, 6.45) is 2.24. The molecule has 0 spiro atoms. The fraction of sp³-hybridized carbons (Fsp3) is 0.269. The van der Waals surface area contributed by atoms with Crippen LogP contribution in [0.2, 0.25) is 0 Å². The topological polar surface area (TPSA) is 78.7 Å². The number of aliphatic hydroxyl groups is 1. The van der Waals surface area contributed by atoms with Gasteiger partial charge >= 0.3 is 0 Å². The first-order chi connectivity index (χ1) is 16.3. The molecule has 1 aliphatic rings. The van der Waals surface area contributed by atoms with Crippen LogP contribution < -0.4 is 0 Å². The van der Waals surface area contributed by atoms with Crippen LogP contribution in [0.3, 0.4) is 0 Å². The second-order valence-electron chi connectivity index (χ2n) is 8.59. The number of likely N-dealkylation sites (tertiary alicyclic amines) is 1. The lowest BCUT2D eigenvalue weighted by Gasteiger charge is -2.26. The Labute approximate surface area is 207 Å². The molecule has 0 bridgehead atoms. The number of hydrogen-bond acceptors (Lipinski definition) is 5. The minimum Gasteiger partial charge on any atom is -0.507 e. The smallest absolute Gasteiger partial charge is 0.295 e. The number of rotatable bonds is 7. The van der Waals surface area contributed by atoms with Gasteiger partial charge < -0.3 is 14.9 Å². The Morgan fingerprint density at radius 2 is 1.76 bits per heavy atom. The molecule has 176 valence electrons. The summed E-state index contributed by atoms with van der Waals surface area (Å²) in [5.74, 6) is -1.48. The summed E-state index contributed by atoms with van der Waals surface area (Å²) >= 11 is 3.44. The third kappa shape index (κ3) is 4.56. The highest BCUT2D eigenvalue weighted by Gasteiger charge is 2.46. The Morgan fingerprint density at radius 1 is 1.09 bits per heavy atom. The maximum atomic E-state index is 13.2. The van der Waals surface area contributed by atoms with Gasteiger partial charge in [-0.15, -0.1) is 0 Å². The van der Waals surface area contributed by atoms with Crippen molar-refractivity contribution in [3.63, 3.8) is 0 Å². The number of amides is 1. The normalized spacial score (nSPS) is 17.7. The van der Waals surface area contributed by atoms with Gasteiger partial charge in [0.1, 0.15) is 5.76 Å². The largest absolute Gasteiger partial charge is 0.507 e.